The number of carbonyl (C=O) groups excluding carboxylic acids is 2. The van der Waals surface area contributed by atoms with Crippen LogP contribution in [0.2, 0.25) is 10.0 Å². The van der Waals surface area contributed by atoms with Crippen molar-refractivity contribution in [2.75, 3.05) is 13.2 Å². The molecule has 0 aliphatic rings. The Bertz CT molecular complexity index is 515. The summed E-state index contributed by atoms with van der Waals surface area (Å²) in [6, 6.07) is 4.63. The largest absolute Gasteiger partial charge is 0.455 e. The van der Waals surface area contributed by atoms with Crippen LogP contribution in [-0.2, 0) is 20.7 Å². The van der Waals surface area contributed by atoms with Gasteiger partial charge in [-0.25, -0.2) is 0 Å². The fraction of sp³-hybridized carbons (Fsp3) is 0.333. The van der Waals surface area contributed by atoms with Gasteiger partial charge in [-0.2, -0.15) is 13.2 Å². The lowest BCUT2D eigenvalue weighted by Crippen LogP contribution is -2.36. The van der Waals surface area contributed by atoms with Crippen LogP contribution in [0.3, 0.4) is 0 Å². The Morgan fingerprint density at radius 1 is 1.19 bits per heavy atom. The fourth-order valence-electron chi connectivity index (χ4n) is 1.29. The van der Waals surface area contributed by atoms with E-state index in [1.807, 2.05) is 0 Å². The van der Waals surface area contributed by atoms with E-state index in [0.717, 1.165) is 0 Å². The second-order valence-corrected chi connectivity index (χ2v) is 4.74. The Labute approximate surface area is 128 Å². The van der Waals surface area contributed by atoms with Crippen molar-refractivity contribution in [2.45, 2.75) is 12.6 Å². The highest BCUT2D eigenvalue weighted by atomic mass is 35.5. The fourth-order valence-corrected chi connectivity index (χ4v) is 1.82. The summed E-state index contributed by atoms with van der Waals surface area (Å²) in [5.41, 5.74) is 0.321. The molecular formula is C12H10Cl2F3NO3. The second kappa shape index (κ2) is 7.51. The number of hydrogen-bond donors (Lipinski definition) is 1. The minimum atomic E-state index is -4.52. The van der Waals surface area contributed by atoms with Gasteiger partial charge in [-0.15, -0.1) is 0 Å². The van der Waals surface area contributed by atoms with Gasteiger partial charge in [0.25, 0.3) is 5.91 Å². The first-order valence-electron chi connectivity index (χ1n) is 5.61. The maximum absolute atomic E-state index is 11.8. The van der Waals surface area contributed by atoms with Crippen molar-refractivity contribution in [2.24, 2.45) is 0 Å². The van der Waals surface area contributed by atoms with Crippen molar-refractivity contribution in [1.29, 1.82) is 0 Å². The minimum absolute atomic E-state index is 0.251. The van der Waals surface area contributed by atoms with Crippen LogP contribution in [0.15, 0.2) is 18.2 Å². The van der Waals surface area contributed by atoms with E-state index >= 15 is 0 Å². The highest BCUT2D eigenvalue weighted by Crippen LogP contribution is 2.24. The number of hydrogen-bond acceptors (Lipinski definition) is 3. The average molecular weight is 344 g/mol. The number of benzene rings is 1. The Balaban J connectivity index is 2.43. The van der Waals surface area contributed by atoms with Crippen molar-refractivity contribution in [3.05, 3.63) is 33.8 Å². The zero-order valence-corrected chi connectivity index (χ0v) is 12.0. The summed E-state index contributed by atoms with van der Waals surface area (Å²) < 4.78 is 40.1. The molecule has 116 valence electrons. The number of amides is 1. The van der Waals surface area contributed by atoms with E-state index in [4.69, 9.17) is 23.2 Å². The first-order chi connectivity index (χ1) is 9.69. The molecule has 1 aromatic carbocycles. The second-order valence-electron chi connectivity index (χ2n) is 3.93. The SMILES string of the molecule is O=C(COC(=O)Cc1c(Cl)cccc1Cl)NCC(F)(F)F. The number of rotatable bonds is 5. The van der Waals surface area contributed by atoms with Crippen molar-refractivity contribution in [1.82, 2.24) is 5.32 Å². The predicted molar refractivity (Wildman–Crippen MR) is 70.2 cm³/mol. The Morgan fingerprint density at radius 3 is 2.29 bits per heavy atom. The molecule has 1 aromatic rings. The third-order valence-electron chi connectivity index (χ3n) is 2.23. The van der Waals surface area contributed by atoms with E-state index in [1.54, 1.807) is 11.4 Å². The lowest BCUT2D eigenvalue weighted by atomic mass is 10.1. The van der Waals surface area contributed by atoms with Crippen LogP contribution in [-0.4, -0.2) is 31.2 Å². The van der Waals surface area contributed by atoms with E-state index in [9.17, 15) is 22.8 Å². The van der Waals surface area contributed by atoms with Crippen molar-refractivity contribution in [3.8, 4) is 0 Å². The third-order valence-corrected chi connectivity index (χ3v) is 2.94. The molecule has 4 nitrogen and oxygen atoms in total. The topological polar surface area (TPSA) is 55.4 Å². The molecule has 21 heavy (non-hydrogen) atoms. The van der Waals surface area contributed by atoms with Gasteiger partial charge in [-0.05, 0) is 12.1 Å². The van der Waals surface area contributed by atoms with Crippen LogP contribution in [0.4, 0.5) is 13.2 Å². The van der Waals surface area contributed by atoms with Crippen LogP contribution >= 0.6 is 23.2 Å². The standard InChI is InChI=1S/C12H10Cl2F3NO3/c13-8-2-1-3-9(14)7(8)4-11(20)21-5-10(19)18-6-12(15,16)17/h1-3H,4-6H2,(H,18,19). The number of esters is 1. The Morgan fingerprint density at radius 2 is 1.76 bits per heavy atom. The van der Waals surface area contributed by atoms with Crippen molar-refractivity contribution >= 4 is 35.1 Å². The maximum atomic E-state index is 11.8. The van der Waals surface area contributed by atoms with E-state index < -0.39 is 31.2 Å². The number of nitrogens with one attached hydrogen (secondary N) is 1. The molecule has 0 unspecified atom stereocenters. The molecule has 0 radical (unpaired) electrons. The monoisotopic (exact) mass is 343 g/mol. The van der Waals surface area contributed by atoms with Crippen LogP contribution < -0.4 is 5.32 Å². The van der Waals surface area contributed by atoms with Crippen LogP contribution in [0, 0.1) is 0 Å². The van der Waals surface area contributed by atoms with Crippen molar-refractivity contribution in [3.63, 3.8) is 0 Å². The average Bonchev–Trinajstić information content (AvgIpc) is 2.37. The van der Waals surface area contributed by atoms with Crippen LogP contribution in [0.1, 0.15) is 5.56 Å². The molecule has 0 aliphatic carbocycles. The molecular weight excluding hydrogens is 334 g/mol. The molecule has 0 bridgehead atoms. The van der Waals surface area contributed by atoms with E-state index in [0.29, 0.717) is 5.56 Å². The van der Waals surface area contributed by atoms with Crippen LogP contribution in [0.25, 0.3) is 0 Å². The zero-order chi connectivity index (χ0) is 16.0. The van der Waals surface area contributed by atoms with Gasteiger partial charge >= 0.3 is 12.1 Å². The van der Waals surface area contributed by atoms with Gasteiger partial charge in [0.05, 0.1) is 6.42 Å². The number of carbonyl (C=O) groups is 2. The quantitative estimate of drug-likeness (QED) is 0.836. The third kappa shape index (κ3) is 6.68. The Kier molecular flexibility index (Phi) is 6.29. The lowest BCUT2D eigenvalue weighted by Gasteiger charge is -2.09. The summed E-state index contributed by atoms with van der Waals surface area (Å²) in [6.07, 6.45) is -4.81. The normalized spacial score (nSPS) is 11.1. The first-order valence-corrected chi connectivity index (χ1v) is 6.36. The maximum Gasteiger partial charge on any atom is 0.405 e. The first kappa shape index (κ1) is 17.6. The van der Waals surface area contributed by atoms with E-state index in [1.165, 1.54) is 12.1 Å². The number of halogens is 5. The Hall–Kier alpha value is -1.47. The summed E-state index contributed by atoms with van der Waals surface area (Å²) in [4.78, 5) is 22.5. The molecule has 0 heterocycles. The molecule has 1 rings (SSSR count). The van der Waals surface area contributed by atoms with Gasteiger partial charge < -0.3 is 10.1 Å². The van der Waals surface area contributed by atoms with Gasteiger partial charge in [0.1, 0.15) is 6.54 Å². The zero-order valence-electron chi connectivity index (χ0n) is 10.5. The number of ether oxygens (including phenoxy) is 1. The molecule has 1 amide bonds. The van der Waals surface area contributed by atoms with Gasteiger partial charge in [-0.3, -0.25) is 9.59 Å². The molecule has 0 aromatic heterocycles. The molecule has 0 saturated carbocycles. The number of alkyl halides is 3. The summed E-state index contributed by atoms with van der Waals surface area (Å²) in [5, 5.41) is 2.07. The lowest BCUT2D eigenvalue weighted by molar-refractivity contribution is -0.150. The van der Waals surface area contributed by atoms with Gasteiger partial charge in [0.2, 0.25) is 0 Å². The van der Waals surface area contributed by atoms with Gasteiger partial charge in [-0.1, -0.05) is 29.3 Å². The van der Waals surface area contributed by atoms with Gasteiger partial charge in [0, 0.05) is 15.6 Å². The highest BCUT2D eigenvalue weighted by Gasteiger charge is 2.27. The molecule has 0 saturated heterocycles. The highest BCUT2D eigenvalue weighted by molar-refractivity contribution is 6.36. The molecule has 0 atom stereocenters. The summed E-state index contributed by atoms with van der Waals surface area (Å²) >= 11 is 11.7. The van der Waals surface area contributed by atoms with Crippen molar-refractivity contribution < 1.29 is 27.5 Å². The van der Waals surface area contributed by atoms with E-state index in [2.05, 4.69) is 4.74 Å². The molecule has 9 heteroatoms. The van der Waals surface area contributed by atoms with Gasteiger partial charge in [0.15, 0.2) is 6.61 Å². The minimum Gasteiger partial charge on any atom is -0.455 e. The van der Waals surface area contributed by atoms with E-state index in [-0.39, 0.29) is 16.5 Å². The molecule has 0 spiro atoms. The summed E-state index contributed by atoms with van der Waals surface area (Å²) in [6.45, 7) is -2.29. The van der Waals surface area contributed by atoms with Crippen LogP contribution in [0.5, 0.6) is 0 Å². The smallest absolute Gasteiger partial charge is 0.405 e. The molecule has 0 fully saturated rings. The summed E-state index contributed by atoms with van der Waals surface area (Å²) in [5.74, 6) is -1.88. The molecule has 1 N–H and O–H groups in total. The molecule has 0 aliphatic heterocycles. The summed E-state index contributed by atoms with van der Waals surface area (Å²) in [7, 11) is 0. The predicted octanol–water partition coefficient (Wildman–Crippen LogP) is 2.76.